The first-order valence-corrected chi connectivity index (χ1v) is 32.1. The molecule has 3 aromatic carbocycles. The van der Waals surface area contributed by atoms with Gasteiger partial charge in [0.1, 0.15) is 17.9 Å². The zero-order valence-electron chi connectivity index (χ0n) is 53.6. The number of nitrogens with zero attached hydrogens (tertiary/aromatic N) is 13. The number of hydrogen-bond donors (Lipinski definition) is 7. The molecule has 21 nitrogen and oxygen atoms in total. The molecule has 7 N–H and O–H groups in total. The number of aromatic amines is 5. The number of H-pyrrole nitrogens is 5. The van der Waals surface area contributed by atoms with Gasteiger partial charge in [0.2, 0.25) is 0 Å². The van der Waals surface area contributed by atoms with Crippen LogP contribution in [-0.2, 0) is 31.2 Å². The molecule has 6 aliphatic rings. The number of aliphatic imine (C=N–C) groups is 2. The molecular weight excluding hydrogens is 1160 g/mol. The molecule has 3 unspecified atom stereocenters. The molecule has 0 spiro atoms. The number of ether oxygens (including phenoxy) is 1. The summed E-state index contributed by atoms with van der Waals surface area (Å²) in [5.41, 5.74) is 31.9. The highest BCUT2D eigenvalue weighted by molar-refractivity contribution is 6.14. The van der Waals surface area contributed by atoms with Crippen LogP contribution in [0, 0.1) is 44.9 Å². The number of hydrogen-bond acceptors (Lipinski definition) is 15. The second kappa shape index (κ2) is 25.4. The smallest absolute Gasteiger partial charge is 0.122 e. The Hall–Kier alpha value is -10.9. The molecule has 11 heterocycles. The number of methoxy groups -OCH3 is 1. The lowest BCUT2D eigenvalue weighted by molar-refractivity contribution is 0.243. The van der Waals surface area contributed by atoms with Gasteiger partial charge in [-0.15, -0.1) is 0 Å². The van der Waals surface area contributed by atoms with Crippen LogP contribution in [0.15, 0.2) is 147 Å². The number of nitrogens with one attached hydrogen (secondary N) is 7. The van der Waals surface area contributed by atoms with Crippen molar-refractivity contribution in [2.75, 3.05) is 7.11 Å². The van der Waals surface area contributed by atoms with Crippen molar-refractivity contribution in [1.82, 2.24) is 81.5 Å². The average Bonchev–Trinajstić information content (AvgIpc) is 1.74. The molecular formula is C72H74N20O. The zero-order valence-corrected chi connectivity index (χ0v) is 53.6. The van der Waals surface area contributed by atoms with Crippen molar-refractivity contribution >= 4 is 67.4 Å². The predicted molar refractivity (Wildman–Crippen MR) is 365 cm³/mol. The Morgan fingerprint density at radius 2 is 1.52 bits per heavy atom. The Kier molecular flexibility index (Phi) is 16.3. The number of nitriles is 1. The van der Waals surface area contributed by atoms with Gasteiger partial charge >= 0.3 is 0 Å². The minimum absolute atomic E-state index is 0.0931. The van der Waals surface area contributed by atoms with E-state index in [0.717, 1.165) is 141 Å². The highest BCUT2D eigenvalue weighted by Crippen LogP contribution is 2.45. The van der Waals surface area contributed by atoms with Gasteiger partial charge < -0.3 is 10.1 Å². The normalized spacial score (nSPS) is 17.9. The molecule has 0 fully saturated rings. The summed E-state index contributed by atoms with van der Waals surface area (Å²) in [6.45, 7) is 13.4. The molecule has 8 aromatic heterocycles. The van der Waals surface area contributed by atoms with Crippen molar-refractivity contribution in [2.24, 2.45) is 28.1 Å². The predicted octanol–water partition coefficient (Wildman–Crippen LogP) is 13.5. The van der Waals surface area contributed by atoms with E-state index in [1.165, 1.54) is 91.0 Å². The average molecular weight is 1240 g/mol. The maximum absolute atomic E-state index is 9.54. The summed E-state index contributed by atoms with van der Waals surface area (Å²) >= 11 is 0. The van der Waals surface area contributed by atoms with Gasteiger partial charge in [-0.2, -0.15) is 41.0 Å². The van der Waals surface area contributed by atoms with Crippen molar-refractivity contribution in [3.8, 4) is 28.6 Å². The molecule has 0 bridgehead atoms. The molecule has 3 aliphatic carbocycles. The van der Waals surface area contributed by atoms with Gasteiger partial charge in [-0.05, 0) is 173 Å². The van der Waals surface area contributed by atoms with E-state index in [1.54, 1.807) is 19.4 Å². The van der Waals surface area contributed by atoms with Crippen LogP contribution in [0.2, 0.25) is 0 Å². The topological polar surface area (TPSA) is 281 Å². The Bertz CT molecular complexity index is 4980. The third-order valence-electron chi connectivity index (χ3n) is 19.0. The number of hydrazone groups is 1. The number of allylic oxidation sites excluding steroid dienone is 4. The van der Waals surface area contributed by atoms with Crippen molar-refractivity contribution in [2.45, 2.75) is 124 Å². The molecule has 17 rings (SSSR count). The van der Waals surface area contributed by atoms with Crippen LogP contribution < -0.4 is 10.7 Å². The summed E-state index contributed by atoms with van der Waals surface area (Å²) in [4.78, 5) is 19.0. The van der Waals surface area contributed by atoms with Crippen LogP contribution in [0.1, 0.15) is 133 Å². The molecule has 0 saturated heterocycles. The van der Waals surface area contributed by atoms with E-state index in [1.807, 2.05) is 75.1 Å². The van der Waals surface area contributed by atoms with Gasteiger partial charge in [0.25, 0.3) is 0 Å². The van der Waals surface area contributed by atoms with E-state index in [0.29, 0.717) is 11.3 Å². The Morgan fingerprint density at radius 1 is 0.753 bits per heavy atom. The van der Waals surface area contributed by atoms with Crippen LogP contribution in [0.25, 0.3) is 66.1 Å². The molecule has 0 radical (unpaired) electrons. The number of pyridine rings is 2. The standard InChI is InChI=1S/C19H18N6.C19H25N5O.C19H19N5.C15H12N4/c1-12-16(11-22-24-12)19(13-5-3-2-4-6-13)23-17-8-15-10-21-25-18(15)7-14(17)9-20;1-5-6-12-10(2)17-14-9-21-24-19(14)16(25-4)7-15(17)22-18(12)13-8-20-23-11(13)3;1-11-14(9-20-23-11)19-13-6-4-3-5-12(13)18-15-10-21-24(2)17(15)8-7-16(18)22-19;1-9-12(8-17-19-9)15-5-3-11-13-7-16-6-10(13)2-4-14(11)18-15/h5,7-8,10-11H,2-4,6H2,1H3,(H,21,25)(H,22,24);7-9,14,18-19,22,24H,5-6H2,1-4H3,(H,20,23);7-10H,3-6H2,1-2H3,(H,20,23);2-6,8H,7H2,1H3,(H,17,19). The largest absolute Gasteiger partial charge is 0.499 e. The van der Waals surface area contributed by atoms with Gasteiger partial charge in [0, 0.05) is 97.8 Å². The molecule has 3 aliphatic heterocycles. The molecule has 11 aromatic rings. The number of aromatic nitrogens is 14. The number of aryl methyl sites for hydroxylation is 6. The Morgan fingerprint density at radius 3 is 2.26 bits per heavy atom. The molecule has 21 heteroatoms. The van der Waals surface area contributed by atoms with Gasteiger partial charge in [0.05, 0.1) is 113 Å². The molecule has 468 valence electrons. The summed E-state index contributed by atoms with van der Waals surface area (Å²) in [7, 11) is 3.72. The van der Waals surface area contributed by atoms with Crippen molar-refractivity contribution in [3.63, 3.8) is 0 Å². The van der Waals surface area contributed by atoms with E-state index in [9.17, 15) is 5.26 Å². The number of fused-ring (bicyclic) bond motifs is 11. The van der Waals surface area contributed by atoms with Gasteiger partial charge in [-0.3, -0.25) is 40.6 Å². The Labute approximate surface area is 537 Å². The lowest BCUT2D eigenvalue weighted by atomic mass is 9.76. The van der Waals surface area contributed by atoms with Crippen molar-refractivity contribution < 1.29 is 4.74 Å². The summed E-state index contributed by atoms with van der Waals surface area (Å²) in [6, 6.07) is 18.8. The van der Waals surface area contributed by atoms with E-state index in [-0.39, 0.29) is 18.0 Å². The van der Waals surface area contributed by atoms with Gasteiger partial charge in [-0.1, -0.05) is 31.6 Å². The fourth-order valence-corrected chi connectivity index (χ4v) is 14.1. The van der Waals surface area contributed by atoms with Crippen LogP contribution in [-0.4, -0.2) is 102 Å². The molecule has 3 atom stereocenters. The highest BCUT2D eigenvalue weighted by atomic mass is 16.5. The molecule has 93 heavy (non-hydrogen) atoms. The monoisotopic (exact) mass is 1230 g/mol. The first kappa shape index (κ1) is 59.7. The van der Waals surface area contributed by atoms with Crippen molar-refractivity contribution in [3.05, 3.63) is 193 Å². The van der Waals surface area contributed by atoms with E-state index in [4.69, 9.17) is 19.7 Å². The zero-order chi connectivity index (χ0) is 63.9. The highest BCUT2D eigenvalue weighted by Gasteiger charge is 2.41. The molecule has 0 amide bonds. The molecule has 0 saturated carbocycles. The lowest BCUT2D eigenvalue weighted by Crippen LogP contribution is -2.40. The summed E-state index contributed by atoms with van der Waals surface area (Å²) in [6.07, 6.45) is 30.8. The van der Waals surface area contributed by atoms with Crippen LogP contribution in [0.4, 0.5) is 5.69 Å². The van der Waals surface area contributed by atoms with Crippen LogP contribution >= 0.6 is 0 Å². The maximum atomic E-state index is 9.54. The van der Waals surface area contributed by atoms with Crippen molar-refractivity contribution in [1.29, 1.82) is 5.26 Å². The van der Waals surface area contributed by atoms with Gasteiger partial charge in [-0.25, -0.2) is 15.0 Å². The second-order valence-corrected chi connectivity index (χ2v) is 24.7. The minimum Gasteiger partial charge on any atom is -0.499 e. The van der Waals surface area contributed by atoms with Gasteiger partial charge in [0.15, 0.2) is 0 Å². The maximum Gasteiger partial charge on any atom is 0.122 e. The quantitative estimate of drug-likeness (QED) is 0.0665. The third kappa shape index (κ3) is 11.2. The minimum atomic E-state index is 0.0931. The summed E-state index contributed by atoms with van der Waals surface area (Å²) in [5.74, 6) is 1.13. The first-order chi connectivity index (χ1) is 45.5. The SMILES string of the molecule is CCCC1=C(C)C2=C(C=C(OC)C3NN=CC23)NC1c1cn[nH]c1C.Cc1[nH]ncc1-c1ccc2c3c(ccc2n1)C=NC3.Cc1[nH]ncc1-c1nc2ccc3c(cnn3C)c2c2c1CCCC2.Cc1[nH]ncc1C(=Nc1cc2cn[nH]c2cc1C#N)C1=CCCCC1. The first-order valence-electron chi connectivity index (χ1n) is 32.1. The third-order valence-corrected chi connectivity index (χ3v) is 19.0. The number of rotatable bonds is 9. The van der Waals surface area contributed by atoms with E-state index in [2.05, 4.69) is 159 Å². The summed E-state index contributed by atoms with van der Waals surface area (Å²) < 4.78 is 7.57. The lowest BCUT2D eigenvalue weighted by Gasteiger charge is -2.38. The van der Waals surface area contributed by atoms with E-state index >= 15 is 0 Å². The fraction of sp³-hybridized carbons (Fsp3) is 0.306. The fourth-order valence-electron chi connectivity index (χ4n) is 14.1. The van der Waals surface area contributed by atoms with Crippen LogP contribution in [0.3, 0.4) is 0 Å². The van der Waals surface area contributed by atoms with Crippen LogP contribution in [0.5, 0.6) is 0 Å². The summed E-state index contributed by atoms with van der Waals surface area (Å²) in [5, 5.41) is 62.3. The second-order valence-electron chi connectivity index (χ2n) is 24.7. The Balaban J connectivity index is 0.000000108. The number of dihydropyridines is 1. The van der Waals surface area contributed by atoms with E-state index < -0.39 is 0 Å². The number of benzene rings is 3.